The molecule has 1 aliphatic heterocycles. The number of aromatic nitrogens is 1. The lowest BCUT2D eigenvalue weighted by Gasteiger charge is -2.34. The van der Waals surface area contributed by atoms with Gasteiger partial charge in [-0.15, -0.1) is 12.4 Å². The highest BCUT2D eigenvalue weighted by molar-refractivity contribution is 7.89. The van der Waals surface area contributed by atoms with Crippen molar-refractivity contribution in [3.63, 3.8) is 0 Å². The molecule has 0 spiro atoms. The van der Waals surface area contributed by atoms with Crippen LogP contribution in [0.25, 0.3) is 0 Å². The first kappa shape index (κ1) is 17.9. The van der Waals surface area contributed by atoms with Crippen molar-refractivity contribution in [2.24, 2.45) is 5.41 Å². The molecular formula is C13H19ClN4O2S. The van der Waals surface area contributed by atoms with Crippen molar-refractivity contribution in [1.82, 2.24) is 15.0 Å². The highest BCUT2D eigenvalue weighted by atomic mass is 35.5. The number of nitrogens with zero attached hydrogens (tertiary/aromatic N) is 2. The van der Waals surface area contributed by atoms with E-state index in [1.807, 2.05) is 6.07 Å². The Morgan fingerprint density at radius 2 is 2.10 bits per heavy atom. The summed E-state index contributed by atoms with van der Waals surface area (Å²) in [7, 11) is -3.61. The molecule has 1 aliphatic rings. The van der Waals surface area contributed by atoms with Crippen molar-refractivity contribution in [3.8, 4) is 6.07 Å². The van der Waals surface area contributed by atoms with Crippen LogP contribution in [0.3, 0.4) is 0 Å². The smallest absolute Gasteiger partial charge is 0.242 e. The van der Waals surface area contributed by atoms with Gasteiger partial charge in [-0.05, 0) is 37.4 Å². The second kappa shape index (κ2) is 7.18. The molecule has 1 fully saturated rings. The molecule has 116 valence electrons. The Balaban J connectivity index is 0.00000220. The van der Waals surface area contributed by atoms with Crippen molar-refractivity contribution in [2.45, 2.75) is 24.7 Å². The van der Waals surface area contributed by atoms with Gasteiger partial charge >= 0.3 is 0 Å². The Hall–Kier alpha value is -1.20. The fraction of sp³-hybridized carbons (Fsp3) is 0.538. The largest absolute Gasteiger partial charge is 0.317 e. The normalized spacial score (nSPS) is 17.5. The van der Waals surface area contributed by atoms with E-state index >= 15 is 0 Å². The summed E-state index contributed by atoms with van der Waals surface area (Å²) >= 11 is 0. The van der Waals surface area contributed by atoms with Crippen LogP contribution in [0.4, 0.5) is 0 Å². The van der Waals surface area contributed by atoms with E-state index in [0.29, 0.717) is 6.54 Å². The van der Waals surface area contributed by atoms with E-state index in [-0.39, 0.29) is 28.3 Å². The van der Waals surface area contributed by atoms with Crippen LogP contribution < -0.4 is 10.0 Å². The van der Waals surface area contributed by atoms with E-state index in [0.717, 1.165) is 25.9 Å². The van der Waals surface area contributed by atoms with Gasteiger partial charge in [0, 0.05) is 18.9 Å². The molecule has 2 rings (SSSR count). The lowest BCUT2D eigenvalue weighted by Crippen LogP contribution is -2.42. The third-order valence-electron chi connectivity index (χ3n) is 3.65. The molecular weight excluding hydrogens is 312 g/mol. The summed E-state index contributed by atoms with van der Waals surface area (Å²) in [6.07, 6.45) is 4.47. The molecule has 8 heteroatoms. The summed E-state index contributed by atoms with van der Waals surface area (Å²) in [5.41, 5.74) is 0.208. The maximum absolute atomic E-state index is 12.2. The summed E-state index contributed by atoms with van der Waals surface area (Å²) in [6, 6.07) is 3.22. The van der Waals surface area contributed by atoms with E-state index in [9.17, 15) is 8.42 Å². The maximum Gasteiger partial charge on any atom is 0.242 e. The number of nitrogens with one attached hydrogen (secondary N) is 2. The number of pyridine rings is 1. The average molecular weight is 331 g/mol. The summed E-state index contributed by atoms with van der Waals surface area (Å²) < 4.78 is 27.0. The third kappa shape index (κ3) is 4.64. The first-order valence-corrected chi connectivity index (χ1v) is 7.99. The maximum atomic E-state index is 12.2. The summed E-state index contributed by atoms with van der Waals surface area (Å²) in [6.45, 7) is 4.29. The highest BCUT2D eigenvalue weighted by Crippen LogP contribution is 2.27. The fourth-order valence-electron chi connectivity index (χ4n) is 2.19. The molecule has 1 saturated heterocycles. The van der Waals surface area contributed by atoms with Gasteiger partial charge in [0.15, 0.2) is 0 Å². The van der Waals surface area contributed by atoms with Gasteiger partial charge in [-0.25, -0.2) is 13.1 Å². The van der Waals surface area contributed by atoms with Gasteiger partial charge in [0.25, 0.3) is 0 Å². The minimum absolute atomic E-state index is 0. The quantitative estimate of drug-likeness (QED) is 0.860. The average Bonchev–Trinajstić information content (AvgIpc) is 2.46. The number of hydrogen-bond donors (Lipinski definition) is 2. The number of piperidine rings is 1. The molecule has 1 aromatic rings. The van der Waals surface area contributed by atoms with Gasteiger partial charge in [-0.1, -0.05) is 6.92 Å². The predicted molar refractivity (Wildman–Crippen MR) is 81.6 cm³/mol. The molecule has 6 nitrogen and oxygen atoms in total. The molecule has 0 aliphatic carbocycles. The summed E-state index contributed by atoms with van der Waals surface area (Å²) in [4.78, 5) is 3.82. The molecule has 0 radical (unpaired) electrons. The number of hydrogen-bond acceptors (Lipinski definition) is 5. The van der Waals surface area contributed by atoms with Crippen LogP contribution in [0, 0.1) is 16.7 Å². The van der Waals surface area contributed by atoms with E-state index < -0.39 is 10.0 Å². The second-order valence-electron chi connectivity index (χ2n) is 5.41. The highest BCUT2D eigenvalue weighted by Gasteiger charge is 2.28. The molecule has 2 N–H and O–H groups in total. The number of nitriles is 1. The zero-order valence-electron chi connectivity index (χ0n) is 11.8. The second-order valence-corrected chi connectivity index (χ2v) is 7.17. The van der Waals surface area contributed by atoms with Gasteiger partial charge in [0.1, 0.15) is 11.0 Å². The van der Waals surface area contributed by atoms with Gasteiger partial charge in [-0.2, -0.15) is 5.26 Å². The Morgan fingerprint density at radius 3 is 2.71 bits per heavy atom. The van der Waals surface area contributed by atoms with Gasteiger partial charge in [-0.3, -0.25) is 4.98 Å². The van der Waals surface area contributed by atoms with Crippen molar-refractivity contribution in [2.75, 3.05) is 19.6 Å². The third-order valence-corrected chi connectivity index (χ3v) is 5.02. The van der Waals surface area contributed by atoms with E-state index in [2.05, 4.69) is 21.9 Å². The van der Waals surface area contributed by atoms with Crippen LogP contribution in [0.5, 0.6) is 0 Å². The SMILES string of the molecule is CC1(CNS(=O)(=O)c2cncc(C#N)c2)CCNCC1.Cl. The van der Waals surface area contributed by atoms with Crippen LogP contribution in [-0.4, -0.2) is 33.0 Å². The monoisotopic (exact) mass is 330 g/mol. The first-order valence-electron chi connectivity index (χ1n) is 6.51. The molecule has 21 heavy (non-hydrogen) atoms. The van der Waals surface area contributed by atoms with E-state index in [1.165, 1.54) is 18.5 Å². The minimum atomic E-state index is -3.61. The molecule has 0 bridgehead atoms. The zero-order chi connectivity index (χ0) is 14.6. The van der Waals surface area contributed by atoms with Crippen molar-refractivity contribution >= 4 is 22.4 Å². The van der Waals surface area contributed by atoms with Gasteiger partial charge < -0.3 is 5.32 Å². The Labute approximate surface area is 131 Å². The molecule has 0 saturated carbocycles. The molecule has 2 heterocycles. The van der Waals surface area contributed by atoms with Crippen LogP contribution in [-0.2, 0) is 10.0 Å². The zero-order valence-corrected chi connectivity index (χ0v) is 13.4. The van der Waals surface area contributed by atoms with Gasteiger partial charge in [0.2, 0.25) is 10.0 Å². The standard InChI is InChI=1S/C13H18N4O2S.ClH/c1-13(2-4-15-5-3-13)10-17-20(18,19)12-6-11(7-14)8-16-9-12;/h6,8-9,15,17H,2-5,10H2,1H3;1H. The van der Waals surface area contributed by atoms with Crippen LogP contribution in [0.2, 0.25) is 0 Å². The lowest BCUT2D eigenvalue weighted by molar-refractivity contribution is 0.232. The van der Waals surface area contributed by atoms with Crippen LogP contribution >= 0.6 is 12.4 Å². The van der Waals surface area contributed by atoms with Crippen molar-refractivity contribution < 1.29 is 8.42 Å². The Bertz CT molecular complexity index is 621. The number of sulfonamides is 1. The van der Waals surface area contributed by atoms with Crippen LogP contribution in [0.15, 0.2) is 23.4 Å². The van der Waals surface area contributed by atoms with Crippen LogP contribution in [0.1, 0.15) is 25.3 Å². The van der Waals surface area contributed by atoms with E-state index in [4.69, 9.17) is 5.26 Å². The lowest BCUT2D eigenvalue weighted by atomic mass is 9.81. The predicted octanol–water partition coefficient (Wildman–Crippen LogP) is 1.04. The number of halogens is 1. The minimum Gasteiger partial charge on any atom is -0.317 e. The molecule has 0 atom stereocenters. The first-order chi connectivity index (χ1) is 9.45. The topological polar surface area (TPSA) is 94.9 Å². The van der Waals surface area contributed by atoms with E-state index in [1.54, 1.807) is 0 Å². The Kier molecular flexibility index (Phi) is 6.10. The molecule has 1 aromatic heterocycles. The Morgan fingerprint density at radius 1 is 1.43 bits per heavy atom. The van der Waals surface area contributed by atoms with Crippen molar-refractivity contribution in [1.29, 1.82) is 5.26 Å². The van der Waals surface area contributed by atoms with Crippen molar-refractivity contribution in [3.05, 3.63) is 24.0 Å². The summed E-state index contributed by atoms with van der Waals surface area (Å²) in [5.74, 6) is 0. The summed E-state index contributed by atoms with van der Waals surface area (Å²) in [5, 5.41) is 12.1. The molecule has 0 amide bonds. The molecule has 0 aromatic carbocycles. The molecule has 0 unspecified atom stereocenters. The number of rotatable bonds is 4. The fourth-order valence-corrected chi connectivity index (χ4v) is 3.37. The van der Waals surface area contributed by atoms with Gasteiger partial charge in [0.05, 0.1) is 5.56 Å².